The molecule has 3 aromatic rings. The second kappa shape index (κ2) is 7.79. The molecule has 0 aliphatic heterocycles. The summed E-state index contributed by atoms with van der Waals surface area (Å²) >= 11 is 1.60. The Morgan fingerprint density at radius 2 is 2.03 bits per heavy atom. The Morgan fingerprint density at radius 3 is 2.76 bits per heavy atom. The number of nitrogens with one attached hydrogen (secondary N) is 2. The molecule has 1 aliphatic carbocycles. The van der Waals surface area contributed by atoms with Gasteiger partial charge in [-0.1, -0.05) is 6.92 Å². The second-order valence-electron chi connectivity index (χ2n) is 7.41. The van der Waals surface area contributed by atoms with E-state index in [9.17, 15) is 14.4 Å². The minimum Gasteiger partial charge on any atom is -0.355 e. The van der Waals surface area contributed by atoms with Gasteiger partial charge in [0.2, 0.25) is 5.91 Å². The monoisotopic (exact) mass is 410 g/mol. The van der Waals surface area contributed by atoms with E-state index in [1.807, 2.05) is 0 Å². The summed E-state index contributed by atoms with van der Waals surface area (Å²) in [6, 6.07) is 6.58. The molecule has 2 aromatic heterocycles. The number of nitrogens with zero attached hydrogens (tertiary/aromatic N) is 2. The van der Waals surface area contributed by atoms with Gasteiger partial charge in [0.15, 0.2) is 0 Å². The maximum Gasteiger partial charge on any atom is 0.262 e. The van der Waals surface area contributed by atoms with Crippen molar-refractivity contribution in [2.75, 3.05) is 12.4 Å². The molecule has 0 fully saturated rings. The molecular weight excluding hydrogens is 388 g/mol. The number of fused-ring (bicyclic) bond motifs is 3. The quantitative estimate of drug-likeness (QED) is 0.691. The summed E-state index contributed by atoms with van der Waals surface area (Å²) in [4.78, 5) is 43.5. The van der Waals surface area contributed by atoms with Crippen molar-refractivity contribution in [1.29, 1.82) is 0 Å². The Morgan fingerprint density at radius 1 is 1.28 bits per heavy atom. The number of anilines is 1. The average molecular weight is 410 g/mol. The third kappa shape index (κ3) is 3.80. The van der Waals surface area contributed by atoms with Gasteiger partial charge in [0.05, 0.1) is 11.7 Å². The first kappa shape index (κ1) is 19.3. The van der Waals surface area contributed by atoms with Crippen LogP contribution in [0.25, 0.3) is 10.2 Å². The molecule has 8 heteroatoms. The molecule has 1 aromatic carbocycles. The molecule has 0 radical (unpaired) electrons. The Balaban J connectivity index is 1.53. The van der Waals surface area contributed by atoms with Crippen molar-refractivity contribution < 1.29 is 9.59 Å². The molecule has 1 aliphatic rings. The van der Waals surface area contributed by atoms with E-state index < -0.39 is 0 Å². The SMILES string of the molecule is CNC(=O)c1ccc(NC(=O)Cn2cnc3sc4c(c3c2=O)CC[C@@H](C)C4)cc1. The molecule has 2 heterocycles. The van der Waals surface area contributed by atoms with E-state index in [2.05, 4.69) is 22.5 Å². The standard InChI is InChI=1S/C21H22N4O3S/c1-12-3-8-15-16(9-12)29-20-18(15)21(28)25(11-23-20)10-17(26)24-14-6-4-13(5-7-14)19(27)22-2/h4-7,11-12H,3,8-10H2,1-2H3,(H,22,27)(H,24,26)/t12-/m1/s1. The van der Waals surface area contributed by atoms with Gasteiger partial charge < -0.3 is 10.6 Å². The highest BCUT2D eigenvalue weighted by atomic mass is 32.1. The fourth-order valence-corrected chi connectivity index (χ4v) is 5.02. The fourth-order valence-electron chi connectivity index (χ4n) is 3.68. The third-order valence-corrected chi connectivity index (χ3v) is 6.42. The van der Waals surface area contributed by atoms with Gasteiger partial charge in [-0.15, -0.1) is 11.3 Å². The van der Waals surface area contributed by atoms with Crippen LogP contribution in [0.4, 0.5) is 5.69 Å². The van der Waals surface area contributed by atoms with Crippen LogP contribution in [-0.2, 0) is 24.2 Å². The smallest absolute Gasteiger partial charge is 0.262 e. The number of aryl methyl sites for hydroxylation is 1. The van der Waals surface area contributed by atoms with Crippen LogP contribution in [0.5, 0.6) is 0 Å². The molecular formula is C21H22N4O3S. The molecule has 1 atom stereocenters. The predicted molar refractivity (Wildman–Crippen MR) is 114 cm³/mol. The van der Waals surface area contributed by atoms with E-state index in [4.69, 9.17) is 0 Å². The van der Waals surface area contributed by atoms with Gasteiger partial charge in [0.25, 0.3) is 11.5 Å². The van der Waals surface area contributed by atoms with Crippen molar-refractivity contribution in [3.05, 3.63) is 57.0 Å². The summed E-state index contributed by atoms with van der Waals surface area (Å²) in [5.74, 6) is 0.110. The molecule has 7 nitrogen and oxygen atoms in total. The topological polar surface area (TPSA) is 93.1 Å². The van der Waals surface area contributed by atoms with Gasteiger partial charge in [-0.05, 0) is 55.0 Å². The molecule has 2 N–H and O–H groups in total. The average Bonchev–Trinajstić information content (AvgIpc) is 3.08. The van der Waals surface area contributed by atoms with Crippen molar-refractivity contribution in [3.8, 4) is 0 Å². The van der Waals surface area contributed by atoms with Crippen LogP contribution in [-0.4, -0.2) is 28.4 Å². The highest BCUT2D eigenvalue weighted by molar-refractivity contribution is 7.18. The Kier molecular flexibility index (Phi) is 5.19. The van der Waals surface area contributed by atoms with Crippen molar-refractivity contribution in [2.45, 2.75) is 32.7 Å². The maximum atomic E-state index is 13.0. The van der Waals surface area contributed by atoms with Gasteiger partial charge in [-0.2, -0.15) is 0 Å². The summed E-state index contributed by atoms with van der Waals surface area (Å²) in [5, 5.41) is 5.97. The van der Waals surface area contributed by atoms with Crippen LogP contribution in [0.1, 0.15) is 34.1 Å². The molecule has 29 heavy (non-hydrogen) atoms. The van der Waals surface area contributed by atoms with Crippen molar-refractivity contribution in [3.63, 3.8) is 0 Å². The summed E-state index contributed by atoms with van der Waals surface area (Å²) in [6.45, 7) is 2.12. The molecule has 2 amide bonds. The third-order valence-electron chi connectivity index (χ3n) is 5.25. The zero-order chi connectivity index (χ0) is 20.5. The zero-order valence-electron chi connectivity index (χ0n) is 16.3. The molecule has 0 bridgehead atoms. The number of thiophene rings is 1. The lowest BCUT2D eigenvalue weighted by molar-refractivity contribution is -0.116. The summed E-state index contributed by atoms with van der Waals surface area (Å²) in [5.41, 5.74) is 2.02. The Bertz CT molecular complexity index is 1150. The minimum atomic E-state index is -0.321. The van der Waals surface area contributed by atoms with Crippen molar-refractivity contribution >= 4 is 39.1 Å². The van der Waals surface area contributed by atoms with Gasteiger partial charge in [0, 0.05) is 23.2 Å². The van der Waals surface area contributed by atoms with Crippen LogP contribution >= 0.6 is 11.3 Å². The zero-order valence-corrected chi connectivity index (χ0v) is 17.1. The fraction of sp³-hybridized carbons (Fsp3) is 0.333. The lowest BCUT2D eigenvalue weighted by Gasteiger charge is -2.17. The highest BCUT2D eigenvalue weighted by Crippen LogP contribution is 2.35. The van der Waals surface area contributed by atoms with Crippen molar-refractivity contribution in [2.24, 2.45) is 5.92 Å². The number of amides is 2. The molecule has 0 saturated heterocycles. The van der Waals surface area contributed by atoms with E-state index in [1.54, 1.807) is 42.6 Å². The van der Waals surface area contributed by atoms with Gasteiger partial charge in [-0.25, -0.2) is 4.98 Å². The number of aromatic nitrogens is 2. The molecule has 0 saturated carbocycles. The number of hydrogen-bond donors (Lipinski definition) is 2. The first-order valence-electron chi connectivity index (χ1n) is 9.58. The highest BCUT2D eigenvalue weighted by Gasteiger charge is 2.23. The first-order chi connectivity index (χ1) is 14.0. The van der Waals surface area contributed by atoms with E-state index in [0.29, 0.717) is 22.6 Å². The maximum absolute atomic E-state index is 13.0. The van der Waals surface area contributed by atoms with Crippen LogP contribution in [0.3, 0.4) is 0 Å². The van der Waals surface area contributed by atoms with E-state index >= 15 is 0 Å². The number of carbonyl (C=O) groups is 2. The van der Waals surface area contributed by atoms with E-state index in [0.717, 1.165) is 29.7 Å². The van der Waals surface area contributed by atoms with Crippen LogP contribution < -0.4 is 16.2 Å². The van der Waals surface area contributed by atoms with Crippen molar-refractivity contribution in [1.82, 2.24) is 14.9 Å². The van der Waals surface area contributed by atoms with Crippen LogP contribution in [0.2, 0.25) is 0 Å². The minimum absolute atomic E-state index is 0.111. The first-order valence-corrected chi connectivity index (χ1v) is 10.4. The summed E-state index contributed by atoms with van der Waals surface area (Å²) < 4.78 is 1.36. The van der Waals surface area contributed by atoms with E-state index in [-0.39, 0.29) is 23.9 Å². The molecule has 0 spiro atoms. The molecule has 0 unspecified atom stereocenters. The van der Waals surface area contributed by atoms with Gasteiger partial charge in [-0.3, -0.25) is 19.0 Å². The Hall–Kier alpha value is -3.00. The van der Waals surface area contributed by atoms with E-state index in [1.165, 1.54) is 15.8 Å². The van der Waals surface area contributed by atoms with Crippen LogP contribution in [0.15, 0.2) is 35.4 Å². The predicted octanol–water partition coefficient (Wildman–Crippen LogP) is 2.58. The summed E-state index contributed by atoms with van der Waals surface area (Å²) in [7, 11) is 1.56. The number of benzene rings is 1. The number of rotatable bonds is 4. The summed E-state index contributed by atoms with van der Waals surface area (Å²) in [6.07, 6.45) is 4.40. The van der Waals surface area contributed by atoms with Crippen LogP contribution in [0, 0.1) is 5.92 Å². The molecule has 150 valence electrons. The number of hydrogen-bond acceptors (Lipinski definition) is 5. The normalized spacial score (nSPS) is 15.7. The number of carbonyl (C=O) groups excluding carboxylic acids is 2. The lowest BCUT2D eigenvalue weighted by Crippen LogP contribution is -2.28. The largest absolute Gasteiger partial charge is 0.355 e. The second-order valence-corrected chi connectivity index (χ2v) is 8.50. The van der Waals surface area contributed by atoms with Gasteiger partial charge >= 0.3 is 0 Å². The molecule has 4 rings (SSSR count). The Labute approximate surface area is 171 Å². The lowest BCUT2D eigenvalue weighted by atomic mass is 9.89. The van der Waals surface area contributed by atoms with Gasteiger partial charge in [0.1, 0.15) is 11.4 Å².